The minimum Gasteiger partial charge on any atom is -0.481 e. The number of hydrogen-bond donors (Lipinski definition) is 2. The summed E-state index contributed by atoms with van der Waals surface area (Å²) in [4.78, 5) is 27.2. The van der Waals surface area contributed by atoms with Crippen LogP contribution in [0.3, 0.4) is 0 Å². The lowest BCUT2D eigenvalue weighted by molar-refractivity contribution is -0.139. The molecule has 7 heteroatoms. The molecule has 0 radical (unpaired) electrons. The number of nitrogens with one attached hydrogen (secondary N) is 1. The molecule has 1 amide bonds. The fourth-order valence-corrected chi connectivity index (χ4v) is 2.67. The van der Waals surface area contributed by atoms with Crippen molar-refractivity contribution in [3.63, 3.8) is 0 Å². The molecule has 20 heavy (non-hydrogen) atoms. The van der Waals surface area contributed by atoms with E-state index in [1.807, 2.05) is 12.3 Å². The lowest BCUT2D eigenvalue weighted by atomic mass is 9.98. The van der Waals surface area contributed by atoms with E-state index in [1.165, 1.54) is 18.4 Å². The van der Waals surface area contributed by atoms with Gasteiger partial charge in [-0.2, -0.15) is 0 Å². The molecule has 112 valence electrons. The average molecular weight is 300 g/mol. The largest absolute Gasteiger partial charge is 0.481 e. The van der Waals surface area contributed by atoms with E-state index >= 15 is 0 Å². The quantitative estimate of drug-likeness (QED) is 0.754. The fraction of sp³-hybridized carbons (Fsp3) is 0.615. The summed E-state index contributed by atoms with van der Waals surface area (Å²) >= 11 is 1.52. The molecular formula is C13H20N2O4S. The van der Waals surface area contributed by atoms with Gasteiger partial charge in [-0.25, -0.2) is 4.98 Å². The molecule has 0 spiro atoms. The molecule has 1 atom stereocenters. The van der Waals surface area contributed by atoms with Gasteiger partial charge in [-0.15, -0.1) is 11.3 Å². The lowest BCUT2D eigenvalue weighted by Crippen LogP contribution is -2.51. The highest BCUT2D eigenvalue weighted by molar-refractivity contribution is 7.09. The summed E-state index contributed by atoms with van der Waals surface area (Å²) in [6, 6.07) is 0. The van der Waals surface area contributed by atoms with Gasteiger partial charge in [-0.1, -0.05) is 6.92 Å². The molecule has 1 unspecified atom stereocenters. The number of methoxy groups -OCH3 is 1. The van der Waals surface area contributed by atoms with Gasteiger partial charge in [-0.3, -0.25) is 9.59 Å². The highest BCUT2D eigenvalue weighted by Gasteiger charge is 2.29. The molecule has 0 aromatic carbocycles. The van der Waals surface area contributed by atoms with Crippen molar-refractivity contribution in [3.05, 3.63) is 16.1 Å². The number of carboxylic acids is 1. The third kappa shape index (κ3) is 5.26. The number of aliphatic carboxylic acids is 1. The van der Waals surface area contributed by atoms with Crippen LogP contribution in [0.5, 0.6) is 0 Å². The van der Waals surface area contributed by atoms with Crippen LogP contribution in [-0.2, 0) is 27.2 Å². The maximum absolute atomic E-state index is 12.0. The monoisotopic (exact) mass is 300 g/mol. The number of aryl methyl sites for hydroxylation is 1. The Hall–Kier alpha value is -1.47. The van der Waals surface area contributed by atoms with Gasteiger partial charge < -0.3 is 15.2 Å². The zero-order valence-corrected chi connectivity index (χ0v) is 12.7. The molecular weight excluding hydrogens is 280 g/mol. The number of carboxylic acid groups (broad SMARTS) is 1. The van der Waals surface area contributed by atoms with Gasteiger partial charge in [0.2, 0.25) is 5.91 Å². The van der Waals surface area contributed by atoms with E-state index in [9.17, 15) is 9.59 Å². The number of ether oxygens (including phenoxy) is 1. The fourth-order valence-electron chi connectivity index (χ4n) is 1.92. The van der Waals surface area contributed by atoms with Crippen molar-refractivity contribution >= 4 is 23.2 Å². The summed E-state index contributed by atoms with van der Waals surface area (Å²) in [5.74, 6) is -1.23. The van der Waals surface area contributed by atoms with Gasteiger partial charge >= 0.3 is 5.97 Å². The van der Waals surface area contributed by atoms with Gasteiger partial charge in [-0.05, 0) is 13.3 Å². The van der Waals surface area contributed by atoms with E-state index < -0.39 is 11.5 Å². The van der Waals surface area contributed by atoms with Crippen LogP contribution in [0.4, 0.5) is 0 Å². The van der Waals surface area contributed by atoms with Crippen LogP contribution >= 0.6 is 11.3 Å². The first-order valence-corrected chi connectivity index (χ1v) is 7.21. The Morgan fingerprint density at radius 1 is 1.55 bits per heavy atom. The van der Waals surface area contributed by atoms with E-state index in [2.05, 4.69) is 10.3 Å². The number of amides is 1. The van der Waals surface area contributed by atoms with Crippen LogP contribution in [0.25, 0.3) is 0 Å². The average Bonchev–Trinajstić information content (AvgIpc) is 2.74. The van der Waals surface area contributed by atoms with Gasteiger partial charge in [0, 0.05) is 12.5 Å². The second kappa shape index (κ2) is 7.35. The predicted octanol–water partition coefficient (Wildman–Crippen LogP) is 1.24. The number of carbonyl (C=O) groups excluding carboxylic acids is 1. The van der Waals surface area contributed by atoms with Crippen LogP contribution in [-0.4, -0.2) is 41.2 Å². The Labute approximate surface area is 122 Å². The van der Waals surface area contributed by atoms with Crippen molar-refractivity contribution in [2.75, 3.05) is 13.7 Å². The third-order valence-electron chi connectivity index (χ3n) is 2.69. The molecule has 0 aliphatic rings. The maximum Gasteiger partial charge on any atom is 0.305 e. The standard InChI is InChI=1S/C13H20N2O4S/c1-4-11-14-9(7-20-11)5-10(16)15-13(2,8-19-3)6-12(17)18/h7H,4-6,8H2,1-3H3,(H,15,16)(H,17,18). The van der Waals surface area contributed by atoms with Crippen LogP contribution in [0.2, 0.25) is 0 Å². The van der Waals surface area contributed by atoms with Crippen LogP contribution in [0, 0.1) is 0 Å². The number of carbonyl (C=O) groups is 2. The molecule has 1 heterocycles. The third-order valence-corrected chi connectivity index (χ3v) is 3.73. The van der Waals surface area contributed by atoms with E-state index in [0.29, 0.717) is 5.69 Å². The Balaban J connectivity index is 2.63. The Morgan fingerprint density at radius 3 is 2.75 bits per heavy atom. The van der Waals surface area contributed by atoms with Crippen molar-refractivity contribution in [2.45, 2.75) is 38.6 Å². The van der Waals surface area contributed by atoms with Crippen LogP contribution in [0.1, 0.15) is 31.0 Å². The molecule has 0 bridgehead atoms. The second-order valence-corrected chi connectivity index (χ2v) is 5.82. The van der Waals surface area contributed by atoms with Crippen molar-refractivity contribution < 1.29 is 19.4 Å². The van der Waals surface area contributed by atoms with E-state index in [-0.39, 0.29) is 25.4 Å². The highest BCUT2D eigenvalue weighted by Crippen LogP contribution is 2.13. The summed E-state index contributed by atoms with van der Waals surface area (Å²) in [5, 5.41) is 14.5. The number of hydrogen-bond acceptors (Lipinski definition) is 5. The number of rotatable bonds is 8. The molecule has 0 aliphatic carbocycles. The molecule has 1 aromatic rings. The first-order valence-electron chi connectivity index (χ1n) is 6.33. The van der Waals surface area contributed by atoms with Crippen LogP contribution < -0.4 is 5.32 Å². The Morgan fingerprint density at radius 2 is 2.25 bits per heavy atom. The molecule has 1 aromatic heterocycles. The first-order chi connectivity index (χ1) is 9.38. The molecule has 0 saturated heterocycles. The second-order valence-electron chi connectivity index (χ2n) is 4.88. The minimum absolute atomic E-state index is 0.141. The Bertz CT molecular complexity index is 475. The number of aromatic nitrogens is 1. The van der Waals surface area contributed by atoms with Gasteiger partial charge in [0.1, 0.15) is 0 Å². The highest BCUT2D eigenvalue weighted by atomic mass is 32.1. The van der Waals surface area contributed by atoms with E-state index in [1.54, 1.807) is 6.92 Å². The summed E-state index contributed by atoms with van der Waals surface area (Å²) in [6.45, 7) is 3.80. The normalized spacial score (nSPS) is 13.8. The minimum atomic E-state index is -0.980. The lowest BCUT2D eigenvalue weighted by Gasteiger charge is -2.28. The van der Waals surface area contributed by atoms with Crippen molar-refractivity contribution in [2.24, 2.45) is 0 Å². The number of thiazole rings is 1. The summed E-state index contributed by atoms with van der Waals surface area (Å²) in [5.41, 5.74) is -0.208. The van der Waals surface area contributed by atoms with Gasteiger partial charge in [0.25, 0.3) is 0 Å². The van der Waals surface area contributed by atoms with Gasteiger partial charge in [0.05, 0.1) is 35.7 Å². The maximum atomic E-state index is 12.0. The van der Waals surface area contributed by atoms with Crippen LogP contribution in [0.15, 0.2) is 5.38 Å². The molecule has 6 nitrogen and oxygen atoms in total. The zero-order valence-electron chi connectivity index (χ0n) is 11.9. The number of nitrogens with zero attached hydrogens (tertiary/aromatic N) is 1. The molecule has 0 fully saturated rings. The first kappa shape index (κ1) is 16.6. The molecule has 1 rings (SSSR count). The zero-order chi connectivity index (χ0) is 15.2. The van der Waals surface area contributed by atoms with Crippen molar-refractivity contribution in [1.29, 1.82) is 0 Å². The Kier molecular flexibility index (Phi) is 6.09. The molecule has 0 saturated carbocycles. The van der Waals surface area contributed by atoms with Crippen molar-refractivity contribution in [3.8, 4) is 0 Å². The smallest absolute Gasteiger partial charge is 0.305 e. The topological polar surface area (TPSA) is 88.5 Å². The van der Waals surface area contributed by atoms with E-state index in [4.69, 9.17) is 9.84 Å². The molecule has 2 N–H and O–H groups in total. The summed E-state index contributed by atoms with van der Waals surface area (Å²) in [7, 11) is 1.47. The summed E-state index contributed by atoms with van der Waals surface area (Å²) < 4.78 is 4.99. The predicted molar refractivity (Wildman–Crippen MR) is 75.9 cm³/mol. The van der Waals surface area contributed by atoms with Crippen molar-refractivity contribution in [1.82, 2.24) is 10.3 Å². The summed E-state index contributed by atoms with van der Waals surface area (Å²) in [6.07, 6.45) is 0.798. The molecule has 0 aliphatic heterocycles. The van der Waals surface area contributed by atoms with E-state index in [0.717, 1.165) is 11.4 Å². The van der Waals surface area contributed by atoms with Gasteiger partial charge in [0.15, 0.2) is 0 Å². The SMILES string of the molecule is CCc1nc(CC(=O)NC(C)(COC)CC(=O)O)cs1.